The summed E-state index contributed by atoms with van der Waals surface area (Å²) in [7, 11) is 0. The second-order valence-electron chi connectivity index (χ2n) is 10.3. The number of Topliss-reactive ketones (excluding diaryl/α,β-unsaturated/α-hetero) is 1. The fraction of sp³-hybridized carbons (Fsp3) is 0.920. The van der Waals surface area contributed by atoms with Gasteiger partial charge in [0.25, 0.3) is 0 Å². The monoisotopic (exact) mass is 390 g/mol. The molecule has 0 amide bonds. The van der Waals surface area contributed by atoms with Gasteiger partial charge in [0, 0.05) is 12.8 Å². The van der Waals surface area contributed by atoms with Gasteiger partial charge in [0.15, 0.2) is 0 Å². The fourth-order valence-corrected chi connectivity index (χ4v) is 6.97. The molecule has 0 saturated heterocycles. The Morgan fingerprint density at radius 3 is 2.43 bits per heavy atom. The number of ketones is 1. The minimum atomic E-state index is -0.408. The number of carbonyl (C=O) groups excluding carboxylic acids is 2. The molecule has 160 valence electrons. The first-order valence-corrected chi connectivity index (χ1v) is 12.1. The molecule has 0 aromatic rings. The summed E-state index contributed by atoms with van der Waals surface area (Å²) >= 11 is 0. The van der Waals surface area contributed by atoms with Crippen LogP contribution < -0.4 is 0 Å². The third kappa shape index (κ3) is 4.05. The summed E-state index contributed by atoms with van der Waals surface area (Å²) in [6, 6.07) is 0. The van der Waals surface area contributed by atoms with Crippen molar-refractivity contribution in [2.75, 3.05) is 0 Å². The number of hydrogen-bond acceptors (Lipinski definition) is 3. The van der Waals surface area contributed by atoms with Gasteiger partial charge in [0.1, 0.15) is 11.4 Å². The predicted octanol–water partition coefficient (Wildman–Crippen LogP) is 6.19. The van der Waals surface area contributed by atoms with Crippen molar-refractivity contribution in [3.8, 4) is 0 Å². The number of fused-ring (bicyclic) bond motifs is 2. The number of rotatable bonds is 8. The van der Waals surface area contributed by atoms with E-state index in [1.165, 1.54) is 25.7 Å². The molecule has 3 nitrogen and oxygen atoms in total. The molecule has 3 heteroatoms. The SMILES string of the molecule is CCCC1C2CC(C(=O)OC(C)(CC)C3CCC(=O)CC3)C(C2)C1C(C)CC. The van der Waals surface area contributed by atoms with Gasteiger partial charge in [-0.1, -0.05) is 47.0 Å². The average molecular weight is 391 g/mol. The van der Waals surface area contributed by atoms with Gasteiger partial charge in [-0.05, 0) is 74.5 Å². The maximum absolute atomic E-state index is 13.3. The van der Waals surface area contributed by atoms with Crippen LogP contribution in [0.3, 0.4) is 0 Å². The second kappa shape index (κ2) is 8.88. The summed E-state index contributed by atoms with van der Waals surface area (Å²) in [5, 5.41) is 0. The molecule has 0 N–H and O–H groups in total. The normalized spacial score (nSPS) is 36.3. The average Bonchev–Trinajstić information content (AvgIpc) is 3.27. The summed E-state index contributed by atoms with van der Waals surface area (Å²) in [6.07, 6.45) is 9.96. The lowest BCUT2D eigenvalue weighted by atomic mass is 9.67. The van der Waals surface area contributed by atoms with Gasteiger partial charge in [-0.25, -0.2) is 0 Å². The zero-order valence-corrected chi connectivity index (χ0v) is 18.8. The maximum atomic E-state index is 13.3. The third-order valence-electron chi connectivity index (χ3n) is 8.91. The van der Waals surface area contributed by atoms with Crippen LogP contribution in [0.1, 0.15) is 98.8 Å². The summed E-state index contributed by atoms with van der Waals surface area (Å²) < 4.78 is 6.31. The van der Waals surface area contributed by atoms with E-state index in [4.69, 9.17) is 4.74 Å². The Hall–Kier alpha value is -0.860. The van der Waals surface area contributed by atoms with Crippen LogP contribution in [0.25, 0.3) is 0 Å². The molecule has 3 aliphatic carbocycles. The molecule has 0 spiro atoms. The highest BCUT2D eigenvalue weighted by Gasteiger charge is 2.56. The fourth-order valence-electron chi connectivity index (χ4n) is 6.97. The van der Waals surface area contributed by atoms with Gasteiger partial charge in [0.05, 0.1) is 5.92 Å². The lowest BCUT2D eigenvalue weighted by Gasteiger charge is -2.42. The van der Waals surface area contributed by atoms with Crippen LogP contribution in [0.4, 0.5) is 0 Å². The molecular weight excluding hydrogens is 348 g/mol. The van der Waals surface area contributed by atoms with Crippen molar-refractivity contribution in [3.05, 3.63) is 0 Å². The summed E-state index contributed by atoms with van der Waals surface area (Å²) in [6.45, 7) is 11.2. The maximum Gasteiger partial charge on any atom is 0.309 e. The minimum Gasteiger partial charge on any atom is -0.459 e. The summed E-state index contributed by atoms with van der Waals surface area (Å²) in [4.78, 5) is 25.0. The van der Waals surface area contributed by atoms with Gasteiger partial charge in [-0.2, -0.15) is 0 Å². The summed E-state index contributed by atoms with van der Waals surface area (Å²) in [5.74, 6) is 4.33. The van der Waals surface area contributed by atoms with Crippen LogP contribution in [0.2, 0.25) is 0 Å². The highest BCUT2D eigenvalue weighted by Crippen LogP contribution is 2.59. The molecule has 0 aromatic carbocycles. The van der Waals surface area contributed by atoms with E-state index in [1.54, 1.807) is 0 Å². The van der Waals surface area contributed by atoms with E-state index in [-0.39, 0.29) is 11.9 Å². The van der Waals surface area contributed by atoms with Gasteiger partial charge in [-0.3, -0.25) is 9.59 Å². The lowest BCUT2D eigenvalue weighted by molar-refractivity contribution is -0.174. The van der Waals surface area contributed by atoms with Crippen LogP contribution in [0.15, 0.2) is 0 Å². The van der Waals surface area contributed by atoms with E-state index in [0.717, 1.165) is 37.5 Å². The number of carbonyl (C=O) groups is 2. The Kier molecular flexibility index (Phi) is 6.92. The first-order valence-electron chi connectivity index (χ1n) is 12.1. The van der Waals surface area contributed by atoms with Crippen LogP contribution in [-0.4, -0.2) is 17.4 Å². The molecule has 28 heavy (non-hydrogen) atoms. The Balaban J connectivity index is 1.69. The van der Waals surface area contributed by atoms with E-state index >= 15 is 0 Å². The Labute approximate surface area is 172 Å². The molecule has 3 aliphatic rings. The molecule has 7 atom stereocenters. The van der Waals surface area contributed by atoms with Crippen molar-refractivity contribution in [2.24, 2.45) is 41.4 Å². The number of hydrogen-bond donors (Lipinski definition) is 0. The minimum absolute atomic E-state index is 0.0667. The van der Waals surface area contributed by atoms with Crippen molar-refractivity contribution in [1.29, 1.82) is 0 Å². The first-order chi connectivity index (χ1) is 13.3. The standard InChI is InChI=1S/C25H42O3/c1-6-9-20-17-14-21(23(20)16(4)7-2)22(15-17)24(27)28-25(5,8-3)18-10-12-19(26)13-11-18/h16-18,20-23H,6-15H2,1-5H3. The second-order valence-corrected chi connectivity index (χ2v) is 10.3. The zero-order valence-electron chi connectivity index (χ0n) is 18.8. The number of esters is 1. The molecule has 0 heterocycles. The van der Waals surface area contributed by atoms with E-state index in [0.29, 0.717) is 42.3 Å². The van der Waals surface area contributed by atoms with Crippen molar-refractivity contribution in [3.63, 3.8) is 0 Å². The van der Waals surface area contributed by atoms with Crippen LogP contribution in [0, 0.1) is 41.4 Å². The zero-order chi connectivity index (χ0) is 20.5. The van der Waals surface area contributed by atoms with Crippen LogP contribution in [0.5, 0.6) is 0 Å². The van der Waals surface area contributed by atoms with Gasteiger partial charge < -0.3 is 4.74 Å². The Morgan fingerprint density at radius 2 is 1.86 bits per heavy atom. The highest BCUT2D eigenvalue weighted by atomic mass is 16.6. The third-order valence-corrected chi connectivity index (χ3v) is 8.91. The van der Waals surface area contributed by atoms with Gasteiger partial charge in [-0.15, -0.1) is 0 Å². The van der Waals surface area contributed by atoms with E-state index < -0.39 is 5.60 Å². The molecule has 2 bridgehead atoms. The quantitative estimate of drug-likeness (QED) is 0.464. The molecular formula is C25H42O3. The molecule has 3 fully saturated rings. The Bertz CT molecular complexity index is 560. The van der Waals surface area contributed by atoms with Gasteiger partial charge >= 0.3 is 5.97 Å². The smallest absolute Gasteiger partial charge is 0.309 e. The van der Waals surface area contributed by atoms with E-state index in [2.05, 4.69) is 34.6 Å². The molecule has 0 radical (unpaired) electrons. The van der Waals surface area contributed by atoms with Gasteiger partial charge in [0.2, 0.25) is 0 Å². The largest absolute Gasteiger partial charge is 0.459 e. The molecule has 0 aliphatic heterocycles. The van der Waals surface area contributed by atoms with E-state index in [1.807, 2.05) is 0 Å². The molecule has 7 unspecified atom stereocenters. The number of ether oxygens (including phenoxy) is 1. The first kappa shape index (κ1) is 21.8. The topological polar surface area (TPSA) is 43.4 Å². The van der Waals surface area contributed by atoms with Crippen LogP contribution in [-0.2, 0) is 14.3 Å². The molecule has 3 saturated carbocycles. The van der Waals surface area contributed by atoms with Crippen molar-refractivity contribution in [1.82, 2.24) is 0 Å². The lowest BCUT2D eigenvalue weighted by Crippen LogP contribution is -2.44. The van der Waals surface area contributed by atoms with Crippen LogP contribution >= 0.6 is 0 Å². The van der Waals surface area contributed by atoms with E-state index in [9.17, 15) is 9.59 Å². The van der Waals surface area contributed by atoms with Crippen molar-refractivity contribution < 1.29 is 14.3 Å². The predicted molar refractivity (Wildman–Crippen MR) is 113 cm³/mol. The van der Waals surface area contributed by atoms with Crippen molar-refractivity contribution in [2.45, 2.75) is 104 Å². The Morgan fingerprint density at radius 1 is 1.18 bits per heavy atom. The molecule has 3 rings (SSSR count). The molecule has 0 aromatic heterocycles. The van der Waals surface area contributed by atoms with Crippen molar-refractivity contribution >= 4 is 11.8 Å². The summed E-state index contributed by atoms with van der Waals surface area (Å²) in [5.41, 5.74) is -0.408. The highest BCUT2D eigenvalue weighted by molar-refractivity contribution is 5.79.